The van der Waals surface area contributed by atoms with Crippen LogP contribution in [0.2, 0.25) is 5.02 Å². The number of nitrogen functional groups attached to an aromatic ring is 1. The molecule has 0 radical (unpaired) electrons. The van der Waals surface area contributed by atoms with Crippen LogP contribution in [-0.4, -0.2) is 30.4 Å². The number of aryl methyl sites for hydroxylation is 2. The molecule has 0 aliphatic heterocycles. The number of benzene rings is 2. The van der Waals surface area contributed by atoms with Crippen LogP contribution < -0.4 is 11.1 Å². The molecule has 7 nitrogen and oxygen atoms in total. The number of hydrogen-bond acceptors (Lipinski definition) is 6. The van der Waals surface area contributed by atoms with E-state index in [-0.39, 0.29) is 33.1 Å². The number of nitrogens with two attached hydrogens (primary N) is 1. The predicted molar refractivity (Wildman–Crippen MR) is 120 cm³/mol. The maximum Gasteiger partial charge on any atom is 0.246 e. The summed E-state index contributed by atoms with van der Waals surface area (Å²) in [6.07, 6.45) is 1.70. The first-order valence-corrected chi connectivity index (χ1v) is 12.0. The van der Waals surface area contributed by atoms with E-state index in [0.29, 0.717) is 10.7 Å². The van der Waals surface area contributed by atoms with Gasteiger partial charge in [-0.3, -0.25) is 4.79 Å². The molecule has 30 heavy (non-hydrogen) atoms. The van der Waals surface area contributed by atoms with Crippen molar-refractivity contribution in [1.29, 1.82) is 0 Å². The van der Waals surface area contributed by atoms with E-state index in [1.165, 1.54) is 28.9 Å². The number of amides is 1. The summed E-state index contributed by atoms with van der Waals surface area (Å²) in [4.78, 5) is 12.5. The van der Waals surface area contributed by atoms with Crippen molar-refractivity contribution >= 4 is 50.6 Å². The molecular weight excluding hydrogens is 444 g/mol. The van der Waals surface area contributed by atoms with E-state index in [1.807, 2.05) is 32.0 Å². The number of rotatable bonds is 6. The average molecular weight is 465 g/mol. The van der Waals surface area contributed by atoms with Crippen molar-refractivity contribution in [2.75, 3.05) is 17.3 Å². The molecule has 0 aliphatic rings. The number of halogens is 1. The highest BCUT2D eigenvalue weighted by molar-refractivity contribution is 7.99. The minimum absolute atomic E-state index is 0.0495. The quantitative estimate of drug-likeness (QED) is 0.535. The topological polar surface area (TPSA) is 107 Å². The van der Waals surface area contributed by atoms with Crippen molar-refractivity contribution in [1.82, 2.24) is 9.78 Å². The summed E-state index contributed by atoms with van der Waals surface area (Å²) in [5, 5.41) is 7.75. The van der Waals surface area contributed by atoms with E-state index in [9.17, 15) is 13.2 Å². The van der Waals surface area contributed by atoms with Crippen LogP contribution in [0.25, 0.3) is 0 Å². The van der Waals surface area contributed by atoms with E-state index in [0.717, 1.165) is 22.9 Å². The van der Waals surface area contributed by atoms with Gasteiger partial charge in [0.1, 0.15) is 22.3 Å². The fraction of sp³-hybridized carbons (Fsp3) is 0.200. The number of hydrogen-bond donors (Lipinski definition) is 2. The van der Waals surface area contributed by atoms with Gasteiger partial charge >= 0.3 is 0 Å². The number of nitrogens with one attached hydrogen (secondary N) is 1. The summed E-state index contributed by atoms with van der Waals surface area (Å²) in [5.41, 5.74) is 8.70. The highest BCUT2D eigenvalue weighted by Crippen LogP contribution is 2.34. The number of thioether (sulfide) groups is 1. The normalized spacial score (nSPS) is 11.5. The van der Waals surface area contributed by atoms with Gasteiger partial charge in [-0.2, -0.15) is 5.10 Å². The summed E-state index contributed by atoms with van der Waals surface area (Å²) >= 11 is 7.01. The van der Waals surface area contributed by atoms with Gasteiger partial charge in [0.2, 0.25) is 15.7 Å². The van der Waals surface area contributed by atoms with E-state index in [2.05, 4.69) is 10.4 Å². The Morgan fingerprint density at radius 3 is 2.33 bits per heavy atom. The van der Waals surface area contributed by atoms with Crippen LogP contribution >= 0.6 is 23.4 Å². The molecule has 0 aliphatic carbocycles. The minimum atomic E-state index is -3.94. The summed E-state index contributed by atoms with van der Waals surface area (Å²) in [6, 6.07) is 11.5. The maximum atomic E-state index is 13.1. The molecule has 3 aromatic rings. The lowest BCUT2D eigenvalue weighted by Crippen LogP contribution is -2.21. The number of carbonyl (C=O) groups excluding carboxylic acids is 1. The molecule has 10 heteroatoms. The molecule has 1 amide bonds. The molecule has 158 valence electrons. The molecule has 1 heterocycles. The minimum Gasteiger partial charge on any atom is -0.383 e. The van der Waals surface area contributed by atoms with Gasteiger partial charge < -0.3 is 11.1 Å². The lowest BCUT2D eigenvalue weighted by Gasteiger charge is -2.12. The second kappa shape index (κ2) is 8.71. The van der Waals surface area contributed by atoms with Gasteiger partial charge in [0.15, 0.2) is 0 Å². The zero-order valence-electron chi connectivity index (χ0n) is 16.6. The maximum absolute atomic E-state index is 13.1. The Labute approximate surface area is 184 Å². The Balaban J connectivity index is 1.94. The van der Waals surface area contributed by atoms with Crippen LogP contribution in [0.5, 0.6) is 0 Å². The van der Waals surface area contributed by atoms with E-state index >= 15 is 0 Å². The zero-order valence-corrected chi connectivity index (χ0v) is 19.0. The molecule has 3 N–H and O–H groups in total. The van der Waals surface area contributed by atoms with E-state index in [1.54, 1.807) is 6.26 Å². The third-order valence-electron chi connectivity index (χ3n) is 4.54. The lowest BCUT2D eigenvalue weighted by atomic mass is 10.1. The second-order valence-electron chi connectivity index (χ2n) is 6.65. The molecule has 0 spiro atoms. The van der Waals surface area contributed by atoms with Crippen molar-refractivity contribution in [3.8, 4) is 0 Å². The molecule has 0 atom stereocenters. The first-order chi connectivity index (χ1) is 14.1. The molecule has 0 bridgehead atoms. The van der Waals surface area contributed by atoms with Crippen LogP contribution in [0.4, 0.5) is 11.5 Å². The average Bonchev–Trinajstić information content (AvgIpc) is 3.01. The van der Waals surface area contributed by atoms with Crippen molar-refractivity contribution in [3.63, 3.8) is 0 Å². The van der Waals surface area contributed by atoms with Crippen LogP contribution in [-0.2, 0) is 21.2 Å². The summed E-state index contributed by atoms with van der Waals surface area (Å²) in [7, 11) is -3.94. The second-order valence-corrected chi connectivity index (χ2v) is 9.77. The van der Waals surface area contributed by atoms with Crippen molar-refractivity contribution in [2.45, 2.75) is 35.2 Å². The molecule has 0 saturated heterocycles. The SMILES string of the molecule is CSc1nn(CC(=O)Nc2c(C)cccc2C)c(N)c1S(=O)(=O)c1ccc(Cl)cc1. The Bertz CT molecular complexity index is 1190. The van der Waals surface area contributed by atoms with Gasteiger partial charge in [0, 0.05) is 10.7 Å². The van der Waals surface area contributed by atoms with Crippen LogP contribution in [0.1, 0.15) is 11.1 Å². The lowest BCUT2D eigenvalue weighted by molar-refractivity contribution is -0.116. The molecule has 0 fully saturated rings. The first-order valence-electron chi connectivity index (χ1n) is 8.92. The first kappa shape index (κ1) is 22.2. The third-order valence-corrected chi connectivity index (χ3v) is 7.43. The Hall–Kier alpha value is -2.49. The number of carbonyl (C=O) groups is 1. The Kier molecular flexibility index (Phi) is 6.44. The molecule has 0 unspecified atom stereocenters. The number of aromatic nitrogens is 2. The molecular formula is C20H21ClN4O3S2. The summed E-state index contributed by atoms with van der Waals surface area (Å²) < 4.78 is 27.5. The number of nitrogens with zero attached hydrogens (tertiary/aromatic N) is 2. The van der Waals surface area contributed by atoms with Gasteiger partial charge in [0.25, 0.3) is 0 Å². The largest absolute Gasteiger partial charge is 0.383 e. The monoisotopic (exact) mass is 464 g/mol. The Morgan fingerprint density at radius 1 is 1.17 bits per heavy atom. The summed E-state index contributed by atoms with van der Waals surface area (Å²) in [5.74, 6) is -0.448. The predicted octanol–water partition coefficient (Wildman–Crippen LogP) is 3.93. The summed E-state index contributed by atoms with van der Waals surface area (Å²) in [6.45, 7) is 3.57. The van der Waals surface area contributed by atoms with Crippen LogP contribution in [0, 0.1) is 13.8 Å². The molecule has 1 aromatic heterocycles. The van der Waals surface area contributed by atoms with E-state index < -0.39 is 9.84 Å². The standard InChI is InChI=1S/C20H21ClN4O3S2/c1-12-5-4-6-13(2)17(12)23-16(26)11-25-19(22)18(20(24-25)29-3)30(27,28)15-9-7-14(21)8-10-15/h4-10H,11,22H2,1-3H3,(H,23,26). The smallest absolute Gasteiger partial charge is 0.246 e. The zero-order chi connectivity index (χ0) is 22.1. The number of para-hydroxylation sites is 1. The van der Waals surface area contributed by atoms with Crippen molar-refractivity contribution in [3.05, 3.63) is 58.6 Å². The van der Waals surface area contributed by atoms with Gasteiger partial charge in [0.05, 0.1) is 4.90 Å². The Morgan fingerprint density at radius 2 is 1.77 bits per heavy atom. The fourth-order valence-electron chi connectivity index (χ4n) is 3.00. The van der Waals surface area contributed by atoms with Gasteiger partial charge in [-0.25, -0.2) is 13.1 Å². The fourth-order valence-corrected chi connectivity index (χ4v) is 5.56. The van der Waals surface area contributed by atoms with Gasteiger partial charge in [-0.15, -0.1) is 11.8 Å². The number of sulfone groups is 1. The number of anilines is 2. The molecule has 2 aromatic carbocycles. The molecule has 0 saturated carbocycles. The third kappa shape index (κ3) is 4.33. The molecule has 3 rings (SSSR count). The van der Waals surface area contributed by atoms with Crippen LogP contribution in [0.15, 0.2) is 57.3 Å². The van der Waals surface area contributed by atoms with Crippen molar-refractivity contribution in [2.24, 2.45) is 0 Å². The van der Waals surface area contributed by atoms with Crippen LogP contribution in [0.3, 0.4) is 0 Å². The highest BCUT2D eigenvalue weighted by Gasteiger charge is 2.29. The van der Waals surface area contributed by atoms with Crippen molar-refractivity contribution < 1.29 is 13.2 Å². The van der Waals surface area contributed by atoms with E-state index in [4.69, 9.17) is 17.3 Å². The van der Waals surface area contributed by atoms with Gasteiger partial charge in [-0.05, 0) is 55.5 Å². The highest BCUT2D eigenvalue weighted by atomic mass is 35.5. The van der Waals surface area contributed by atoms with Gasteiger partial charge in [-0.1, -0.05) is 29.8 Å².